The van der Waals surface area contributed by atoms with E-state index in [9.17, 15) is 9.59 Å². The van der Waals surface area contributed by atoms with E-state index in [0.717, 1.165) is 42.8 Å². The summed E-state index contributed by atoms with van der Waals surface area (Å²) in [5, 5.41) is 2.98. The summed E-state index contributed by atoms with van der Waals surface area (Å²) in [4.78, 5) is 33.8. The first kappa shape index (κ1) is 20.1. The molecule has 1 fully saturated rings. The number of rotatable bonds is 5. The van der Waals surface area contributed by atoms with Gasteiger partial charge in [0.2, 0.25) is 5.91 Å². The smallest absolute Gasteiger partial charge is 0.253 e. The number of para-hydroxylation sites is 2. The maximum absolute atomic E-state index is 12.6. The van der Waals surface area contributed by atoms with Crippen molar-refractivity contribution >= 4 is 22.8 Å². The van der Waals surface area contributed by atoms with Crippen LogP contribution in [0.3, 0.4) is 0 Å². The van der Waals surface area contributed by atoms with Crippen LogP contribution < -0.4 is 5.32 Å². The molecule has 0 saturated carbocycles. The molecule has 4 rings (SSSR count). The highest BCUT2D eigenvalue weighted by Gasteiger charge is 2.20. The van der Waals surface area contributed by atoms with Crippen molar-refractivity contribution in [1.29, 1.82) is 0 Å². The molecule has 1 N–H and O–H groups in total. The third kappa shape index (κ3) is 4.21. The lowest BCUT2D eigenvalue weighted by Gasteiger charge is -2.32. The molecule has 30 heavy (non-hydrogen) atoms. The number of fused-ring (bicyclic) bond motifs is 1. The fourth-order valence-electron chi connectivity index (χ4n) is 3.71. The average molecular weight is 406 g/mol. The molecule has 0 spiro atoms. The number of carbonyl (C=O) groups is 2. The molecule has 2 amide bonds. The van der Waals surface area contributed by atoms with Gasteiger partial charge < -0.3 is 19.7 Å². The first-order chi connectivity index (χ1) is 14.5. The first-order valence-electron chi connectivity index (χ1n) is 10.3. The van der Waals surface area contributed by atoms with E-state index in [-0.39, 0.29) is 17.9 Å². The van der Waals surface area contributed by atoms with Gasteiger partial charge in [-0.2, -0.15) is 0 Å². The molecule has 3 aromatic rings. The van der Waals surface area contributed by atoms with Crippen LogP contribution in [0.2, 0.25) is 0 Å². The van der Waals surface area contributed by atoms with Crippen molar-refractivity contribution < 1.29 is 9.59 Å². The van der Waals surface area contributed by atoms with Gasteiger partial charge in [0.15, 0.2) is 0 Å². The maximum atomic E-state index is 12.6. The zero-order valence-corrected chi connectivity index (χ0v) is 17.4. The van der Waals surface area contributed by atoms with Crippen molar-refractivity contribution in [3.63, 3.8) is 0 Å². The fourth-order valence-corrected chi connectivity index (χ4v) is 3.71. The van der Waals surface area contributed by atoms with Gasteiger partial charge >= 0.3 is 0 Å². The van der Waals surface area contributed by atoms with E-state index in [0.29, 0.717) is 12.1 Å². The van der Waals surface area contributed by atoms with Crippen molar-refractivity contribution in [2.75, 3.05) is 33.2 Å². The normalized spacial score (nSPS) is 15.9. The van der Waals surface area contributed by atoms with Crippen LogP contribution in [-0.2, 0) is 11.3 Å². The Bertz CT molecular complexity index is 1040. The van der Waals surface area contributed by atoms with E-state index >= 15 is 0 Å². The van der Waals surface area contributed by atoms with Gasteiger partial charge in [-0.05, 0) is 43.8 Å². The monoisotopic (exact) mass is 405 g/mol. The number of nitrogens with zero attached hydrogens (tertiary/aromatic N) is 4. The van der Waals surface area contributed by atoms with Gasteiger partial charge in [-0.15, -0.1) is 0 Å². The molecule has 0 aliphatic carbocycles. The van der Waals surface area contributed by atoms with Crippen LogP contribution in [0.25, 0.3) is 11.0 Å². The molecule has 1 aliphatic heterocycles. The standard InChI is InChI=1S/C23H27N5O2/c1-17(28-16-25-20-5-3-4-6-21(20)28)22(29)24-15-18-7-9-19(10-8-18)23(30)27-13-11-26(2)12-14-27/h3-10,16-17H,11-15H2,1-2H3,(H,24,29)/t17-/m1/s1. The van der Waals surface area contributed by atoms with Crippen molar-refractivity contribution in [2.24, 2.45) is 0 Å². The van der Waals surface area contributed by atoms with E-state index < -0.39 is 0 Å². The number of hydrogen-bond acceptors (Lipinski definition) is 4. The number of piperazine rings is 1. The SMILES string of the molecule is C[C@H](C(=O)NCc1ccc(C(=O)N2CCN(C)CC2)cc1)n1cnc2ccccc21. The predicted molar refractivity (Wildman–Crippen MR) is 116 cm³/mol. The Balaban J connectivity index is 1.34. The highest BCUT2D eigenvalue weighted by Crippen LogP contribution is 2.17. The number of carbonyl (C=O) groups excluding carboxylic acids is 2. The van der Waals surface area contributed by atoms with Gasteiger partial charge in [-0.25, -0.2) is 4.98 Å². The molecular weight excluding hydrogens is 378 g/mol. The van der Waals surface area contributed by atoms with Gasteiger partial charge in [0.25, 0.3) is 5.91 Å². The largest absolute Gasteiger partial charge is 0.350 e. The van der Waals surface area contributed by atoms with Gasteiger partial charge in [-0.3, -0.25) is 9.59 Å². The third-order valence-electron chi connectivity index (χ3n) is 5.74. The first-order valence-corrected chi connectivity index (χ1v) is 10.3. The summed E-state index contributed by atoms with van der Waals surface area (Å²) in [5.41, 5.74) is 3.46. The highest BCUT2D eigenvalue weighted by atomic mass is 16.2. The second-order valence-electron chi connectivity index (χ2n) is 7.83. The summed E-state index contributed by atoms with van der Waals surface area (Å²) in [6.07, 6.45) is 1.70. The lowest BCUT2D eigenvalue weighted by Crippen LogP contribution is -2.47. The summed E-state index contributed by atoms with van der Waals surface area (Å²) >= 11 is 0. The summed E-state index contributed by atoms with van der Waals surface area (Å²) in [5.74, 6) is -0.00460. The van der Waals surface area contributed by atoms with Crippen LogP contribution in [0.4, 0.5) is 0 Å². The number of imidazole rings is 1. The summed E-state index contributed by atoms with van der Waals surface area (Å²) in [6, 6.07) is 14.9. The summed E-state index contributed by atoms with van der Waals surface area (Å²) < 4.78 is 1.88. The van der Waals surface area contributed by atoms with Gasteiger partial charge in [0, 0.05) is 38.3 Å². The molecule has 7 heteroatoms. The van der Waals surface area contributed by atoms with Gasteiger partial charge in [-0.1, -0.05) is 24.3 Å². The molecule has 7 nitrogen and oxygen atoms in total. The zero-order chi connectivity index (χ0) is 21.1. The Morgan fingerprint density at radius 1 is 1.03 bits per heavy atom. The topological polar surface area (TPSA) is 70.5 Å². The Morgan fingerprint density at radius 2 is 1.73 bits per heavy atom. The minimum atomic E-state index is -0.365. The Hall–Kier alpha value is -3.19. The molecule has 1 aliphatic rings. The van der Waals surface area contributed by atoms with Crippen LogP contribution in [0, 0.1) is 0 Å². The molecule has 0 unspecified atom stereocenters. The van der Waals surface area contributed by atoms with E-state index in [1.807, 2.05) is 64.9 Å². The minimum absolute atomic E-state index is 0.0688. The van der Waals surface area contributed by atoms with Gasteiger partial charge in [0.1, 0.15) is 6.04 Å². The van der Waals surface area contributed by atoms with Crippen LogP contribution in [-0.4, -0.2) is 64.4 Å². The quantitative estimate of drug-likeness (QED) is 0.707. The fraction of sp³-hybridized carbons (Fsp3) is 0.348. The van der Waals surface area contributed by atoms with Crippen molar-refractivity contribution in [2.45, 2.75) is 19.5 Å². The molecule has 2 heterocycles. The molecule has 0 bridgehead atoms. The van der Waals surface area contributed by atoms with Crippen LogP contribution >= 0.6 is 0 Å². The lowest BCUT2D eigenvalue weighted by molar-refractivity contribution is -0.123. The van der Waals surface area contributed by atoms with E-state index in [1.54, 1.807) is 6.33 Å². The highest BCUT2D eigenvalue weighted by molar-refractivity contribution is 5.94. The maximum Gasteiger partial charge on any atom is 0.253 e. The van der Waals surface area contributed by atoms with Crippen LogP contribution in [0.15, 0.2) is 54.9 Å². The molecule has 1 aromatic heterocycles. The van der Waals surface area contributed by atoms with Crippen molar-refractivity contribution in [3.8, 4) is 0 Å². The number of hydrogen-bond donors (Lipinski definition) is 1. The summed E-state index contributed by atoms with van der Waals surface area (Å²) in [7, 11) is 2.07. The summed E-state index contributed by atoms with van der Waals surface area (Å²) in [6.45, 7) is 5.60. The lowest BCUT2D eigenvalue weighted by atomic mass is 10.1. The van der Waals surface area contributed by atoms with E-state index in [1.165, 1.54) is 0 Å². The number of amides is 2. The third-order valence-corrected chi connectivity index (χ3v) is 5.74. The van der Waals surface area contributed by atoms with Gasteiger partial charge in [0.05, 0.1) is 17.4 Å². The Labute approximate surface area is 176 Å². The predicted octanol–water partition coefficient (Wildman–Crippen LogP) is 2.30. The number of aromatic nitrogens is 2. The molecule has 0 radical (unpaired) electrons. The number of nitrogens with one attached hydrogen (secondary N) is 1. The van der Waals surface area contributed by atoms with E-state index in [2.05, 4.69) is 22.2 Å². The second-order valence-corrected chi connectivity index (χ2v) is 7.83. The molecule has 1 saturated heterocycles. The molecule has 156 valence electrons. The Kier molecular flexibility index (Phi) is 5.81. The second kappa shape index (κ2) is 8.67. The van der Waals surface area contributed by atoms with Crippen molar-refractivity contribution in [3.05, 3.63) is 66.0 Å². The Morgan fingerprint density at radius 3 is 2.47 bits per heavy atom. The average Bonchev–Trinajstić information content (AvgIpc) is 3.21. The number of likely N-dealkylation sites (N-methyl/N-ethyl adjacent to an activating group) is 1. The van der Waals surface area contributed by atoms with Crippen LogP contribution in [0.1, 0.15) is 28.9 Å². The number of benzene rings is 2. The molecule has 1 atom stereocenters. The van der Waals surface area contributed by atoms with Crippen LogP contribution in [0.5, 0.6) is 0 Å². The zero-order valence-electron chi connectivity index (χ0n) is 17.4. The van der Waals surface area contributed by atoms with E-state index in [4.69, 9.17) is 0 Å². The van der Waals surface area contributed by atoms with Crippen molar-refractivity contribution in [1.82, 2.24) is 24.7 Å². The molecule has 2 aromatic carbocycles. The molecular formula is C23H27N5O2. The minimum Gasteiger partial charge on any atom is -0.350 e.